The van der Waals surface area contributed by atoms with Crippen LogP contribution in [0.15, 0.2) is 36.4 Å². The van der Waals surface area contributed by atoms with Crippen molar-refractivity contribution in [3.8, 4) is 5.75 Å². The van der Waals surface area contributed by atoms with Gasteiger partial charge in [0.15, 0.2) is 0 Å². The molecule has 0 atom stereocenters. The lowest BCUT2D eigenvalue weighted by Crippen LogP contribution is -2.17. The number of hydrogen-bond acceptors (Lipinski definition) is 1. The van der Waals surface area contributed by atoms with Gasteiger partial charge >= 0.3 is 6.36 Å². The van der Waals surface area contributed by atoms with Gasteiger partial charge in [-0.05, 0) is 37.5 Å². The molecule has 0 aliphatic carbocycles. The second kappa shape index (κ2) is 5.05. The summed E-state index contributed by atoms with van der Waals surface area (Å²) in [7, 11) is 0. The summed E-state index contributed by atoms with van der Waals surface area (Å²) in [4.78, 5) is 0. The van der Waals surface area contributed by atoms with Crippen LogP contribution in [0.5, 0.6) is 5.75 Å². The molecule has 88 valence electrons. The van der Waals surface area contributed by atoms with Crippen molar-refractivity contribution < 1.29 is 17.9 Å². The lowest BCUT2D eigenvalue weighted by molar-refractivity contribution is -0.274. The van der Waals surface area contributed by atoms with Crippen LogP contribution in [0.25, 0.3) is 0 Å². The third-order valence-corrected chi connectivity index (χ3v) is 1.97. The average Bonchev–Trinajstić information content (AvgIpc) is 2.12. The van der Waals surface area contributed by atoms with E-state index in [1.54, 1.807) is 12.1 Å². The number of benzene rings is 1. The minimum Gasteiger partial charge on any atom is -0.406 e. The smallest absolute Gasteiger partial charge is 0.406 e. The Hall–Kier alpha value is -1.45. The summed E-state index contributed by atoms with van der Waals surface area (Å²) < 4.78 is 39.7. The molecule has 1 rings (SSSR count). The number of hydrogen-bond donors (Lipinski definition) is 0. The first-order valence-electron chi connectivity index (χ1n) is 4.86. The van der Waals surface area contributed by atoms with Crippen molar-refractivity contribution >= 4 is 0 Å². The number of rotatable bonds is 4. The van der Waals surface area contributed by atoms with Gasteiger partial charge in [0.05, 0.1) is 0 Å². The van der Waals surface area contributed by atoms with Gasteiger partial charge in [-0.15, -0.1) is 19.8 Å². The molecule has 0 amide bonds. The zero-order valence-electron chi connectivity index (χ0n) is 8.97. The van der Waals surface area contributed by atoms with E-state index in [0.29, 0.717) is 6.42 Å². The van der Waals surface area contributed by atoms with Crippen LogP contribution in [0.3, 0.4) is 0 Å². The highest BCUT2D eigenvalue weighted by Crippen LogP contribution is 2.23. The highest BCUT2D eigenvalue weighted by Gasteiger charge is 2.30. The number of ether oxygens (including phenoxy) is 1. The van der Waals surface area contributed by atoms with Crippen LogP contribution in [-0.4, -0.2) is 6.36 Å². The number of allylic oxidation sites excluding steroid dienone is 1. The summed E-state index contributed by atoms with van der Waals surface area (Å²) in [6, 6.07) is 6.01. The van der Waals surface area contributed by atoms with Crippen LogP contribution in [0, 0.1) is 0 Å². The number of alkyl halides is 3. The topological polar surface area (TPSA) is 9.23 Å². The van der Waals surface area contributed by atoms with Crippen LogP contribution >= 0.6 is 0 Å². The molecule has 0 aliphatic rings. The van der Waals surface area contributed by atoms with Crippen LogP contribution in [0.4, 0.5) is 13.2 Å². The molecule has 0 radical (unpaired) electrons. The van der Waals surface area contributed by atoms with Gasteiger partial charge in [0.1, 0.15) is 5.75 Å². The number of halogens is 3. The Morgan fingerprint density at radius 3 is 2.62 bits per heavy atom. The molecule has 0 saturated carbocycles. The fourth-order valence-corrected chi connectivity index (χ4v) is 1.26. The first kappa shape index (κ1) is 12.6. The Balaban J connectivity index is 2.67. The molecule has 1 aromatic rings. The van der Waals surface area contributed by atoms with Gasteiger partial charge in [-0.1, -0.05) is 17.7 Å². The molecule has 0 heterocycles. The van der Waals surface area contributed by atoms with Gasteiger partial charge in [0.2, 0.25) is 0 Å². The monoisotopic (exact) mass is 230 g/mol. The highest BCUT2D eigenvalue weighted by molar-refractivity contribution is 5.29. The summed E-state index contributed by atoms with van der Waals surface area (Å²) >= 11 is 0. The normalized spacial score (nSPS) is 11.2. The fourth-order valence-electron chi connectivity index (χ4n) is 1.26. The zero-order valence-corrected chi connectivity index (χ0v) is 8.97. The van der Waals surface area contributed by atoms with Gasteiger partial charge in [-0.3, -0.25) is 0 Å². The Kier molecular flexibility index (Phi) is 3.99. The van der Waals surface area contributed by atoms with E-state index in [1.807, 2.05) is 6.92 Å². The van der Waals surface area contributed by atoms with E-state index in [4.69, 9.17) is 0 Å². The molecule has 0 N–H and O–H groups in total. The standard InChI is InChI=1S/C12H13F3O/c1-9(2)6-7-10-4-3-5-11(8-10)16-12(13,14)15/h3-5,8H,1,6-7H2,2H3. The molecule has 4 heteroatoms. The van der Waals surface area contributed by atoms with Gasteiger partial charge < -0.3 is 4.74 Å². The summed E-state index contributed by atoms with van der Waals surface area (Å²) in [5.74, 6) is -0.174. The van der Waals surface area contributed by atoms with Crippen molar-refractivity contribution in [3.05, 3.63) is 42.0 Å². The molecule has 0 aromatic heterocycles. The Morgan fingerprint density at radius 1 is 1.38 bits per heavy atom. The van der Waals surface area contributed by atoms with Gasteiger partial charge in [-0.25, -0.2) is 0 Å². The predicted molar refractivity (Wildman–Crippen MR) is 56.3 cm³/mol. The average molecular weight is 230 g/mol. The first-order valence-corrected chi connectivity index (χ1v) is 4.86. The summed E-state index contributed by atoms with van der Waals surface area (Å²) in [6.07, 6.45) is -3.20. The Morgan fingerprint density at radius 2 is 2.06 bits per heavy atom. The van der Waals surface area contributed by atoms with E-state index in [9.17, 15) is 13.2 Å². The zero-order chi connectivity index (χ0) is 12.2. The molecular formula is C12H13F3O. The van der Waals surface area contributed by atoms with E-state index in [1.165, 1.54) is 12.1 Å². The van der Waals surface area contributed by atoms with Crippen molar-refractivity contribution in [2.24, 2.45) is 0 Å². The third kappa shape index (κ3) is 4.87. The van der Waals surface area contributed by atoms with Gasteiger partial charge in [-0.2, -0.15) is 0 Å². The van der Waals surface area contributed by atoms with Crippen molar-refractivity contribution in [2.45, 2.75) is 26.1 Å². The van der Waals surface area contributed by atoms with E-state index in [0.717, 1.165) is 17.6 Å². The first-order chi connectivity index (χ1) is 7.37. The molecular weight excluding hydrogens is 217 g/mol. The van der Waals surface area contributed by atoms with Gasteiger partial charge in [0, 0.05) is 0 Å². The molecule has 1 nitrogen and oxygen atoms in total. The summed E-state index contributed by atoms with van der Waals surface area (Å²) in [5, 5.41) is 0. The lowest BCUT2D eigenvalue weighted by atomic mass is 10.1. The maximum Gasteiger partial charge on any atom is 0.573 e. The van der Waals surface area contributed by atoms with E-state index >= 15 is 0 Å². The van der Waals surface area contributed by atoms with Crippen molar-refractivity contribution in [2.75, 3.05) is 0 Å². The van der Waals surface area contributed by atoms with Crippen LogP contribution in [0.1, 0.15) is 18.9 Å². The predicted octanol–water partition coefficient (Wildman–Crippen LogP) is 4.09. The molecule has 0 fully saturated rings. The highest BCUT2D eigenvalue weighted by atomic mass is 19.4. The molecule has 0 saturated heterocycles. The second-order valence-corrected chi connectivity index (χ2v) is 3.65. The Bertz CT molecular complexity index is 369. The molecule has 1 aromatic carbocycles. The number of aryl methyl sites for hydroxylation is 1. The molecule has 0 bridgehead atoms. The summed E-state index contributed by atoms with van der Waals surface area (Å²) in [6.45, 7) is 5.63. The van der Waals surface area contributed by atoms with Crippen molar-refractivity contribution in [1.29, 1.82) is 0 Å². The summed E-state index contributed by atoms with van der Waals surface area (Å²) in [5.41, 5.74) is 1.81. The SMILES string of the molecule is C=C(C)CCc1cccc(OC(F)(F)F)c1. The van der Waals surface area contributed by atoms with E-state index in [2.05, 4.69) is 11.3 Å². The molecule has 0 aliphatic heterocycles. The van der Waals surface area contributed by atoms with Crippen molar-refractivity contribution in [1.82, 2.24) is 0 Å². The van der Waals surface area contributed by atoms with Crippen molar-refractivity contribution in [3.63, 3.8) is 0 Å². The Labute approximate surface area is 92.5 Å². The lowest BCUT2D eigenvalue weighted by Gasteiger charge is -2.09. The molecule has 0 spiro atoms. The van der Waals surface area contributed by atoms with Crippen LogP contribution < -0.4 is 4.74 Å². The maximum atomic E-state index is 12.0. The van der Waals surface area contributed by atoms with Crippen LogP contribution in [0.2, 0.25) is 0 Å². The van der Waals surface area contributed by atoms with Gasteiger partial charge in [0.25, 0.3) is 0 Å². The maximum absolute atomic E-state index is 12.0. The van der Waals surface area contributed by atoms with Crippen LogP contribution in [-0.2, 0) is 6.42 Å². The minimum atomic E-state index is -4.63. The largest absolute Gasteiger partial charge is 0.573 e. The second-order valence-electron chi connectivity index (χ2n) is 3.65. The fraction of sp³-hybridized carbons (Fsp3) is 0.333. The quantitative estimate of drug-likeness (QED) is 0.708. The van der Waals surface area contributed by atoms with E-state index in [-0.39, 0.29) is 5.75 Å². The minimum absolute atomic E-state index is 0.174. The molecule has 16 heavy (non-hydrogen) atoms. The van der Waals surface area contributed by atoms with E-state index < -0.39 is 6.36 Å². The molecule has 0 unspecified atom stereocenters. The third-order valence-electron chi connectivity index (χ3n) is 1.97.